The number of hydrogen-bond acceptors (Lipinski definition) is 2. The second-order valence-corrected chi connectivity index (χ2v) is 4.60. The molecule has 3 rings (SSSR count). The van der Waals surface area contributed by atoms with Crippen molar-refractivity contribution in [2.45, 2.75) is 37.1 Å². The minimum absolute atomic E-state index is 0.194. The van der Waals surface area contributed by atoms with Crippen LogP contribution in [0.4, 0.5) is 0 Å². The zero-order chi connectivity index (χ0) is 10.3. The summed E-state index contributed by atoms with van der Waals surface area (Å²) in [4.78, 5) is 14.4. The molecule has 0 aliphatic heterocycles. The van der Waals surface area contributed by atoms with E-state index in [9.17, 15) is 4.79 Å². The van der Waals surface area contributed by atoms with E-state index >= 15 is 0 Å². The zero-order valence-corrected chi connectivity index (χ0v) is 8.57. The summed E-state index contributed by atoms with van der Waals surface area (Å²) in [5, 5.41) is 0. The van der Waals surface area contributed by atoms with Crippen molar-refractivity contribution in [3.8, 4) is 0 Å². The van der Waals surface area contributed by atoms with Crippen molar-refractivity contribution < 1.29 is 4.79 Å². The molecule has 2 fully saturated rings. The van der Waals surface area contributed by atoms with Crippen molar-refractivity contribution in [2.75, 3.05) is 0 Å². The SMILES string of the molecule is O=C=NC1(c2ccccc2C2CC2)CC1. The van der Waals surface area contributed by atoms with Gasteiger partial charge in [0.2, 0.25) is 6.08 Å². The van der Waals surface area contributed by atoms with Gasteiger partial charge in [-0.2, -0.15) is 4.99 Å². The first kappa shape index (κ1) is 8.87. The molecule has 0 spiro atoms. The van der Waals surface area contributed by atoms with Crippen molar-refractivity contribution in [3.05, 3.63) is 35.4 Å². The molecule has 0 heterocycles. The summed E-state index contributed by atoms with van der Waals surface area (Å²) >= 11 is 0. The molecule has 0 amide bonds. The third-order valence-electron chi connectivity index (χ3n) is 3.46. The van der Waals surface area contributed by atoms with E-state index in [1.165, 1.54) is 24.0 Å². The van der Waals surface area contributed by atoms with Crippen LogP contribution in [-0.2, 0) is 10.3 Å². The van der Waals surface area contributed by atoms with Gasteiger partial charge >= 0.3 is 0 Å². The van der Waals surface area contributed by atoms with Crippen LogP contribution in [0.3, 0.4) is 0 Å². The van der Waals surface area contributed by atoms with E-state index in [0.29, 0.717) is 0 Å². The van der Waals surface area contributed by atoms with Crippen LogP contribution in [0.1, 0.15) is 42.7 Å². The van der Waals surface area contributed by atoms with E-state index < -0.39 is 0 Å². The maximum atomic E-state index is 10.4. The molecule has 0 unspecified atom stereocenters. The summed E-state index contributed by atoms with van der Waals surface area (Å²) in [6.07, 6.45) is 6.32. The van der Waals surface area contributed by atoms with E-state index in [2.05, 4.69) is 23.2 Å². The van der Waals surface area contributed by atoms with Crippen molar-refractivity contribution in [1.82, 2.24) is 0 Å². The predicted molar refractivity (Wildman–Crippen MR) is 57.5 cm³/mol. The lowest BCUT2D eigenvalue weighted by Crippen LogP contribution is -2.05. The van der Waals surface area contributed by atoms with Gasteiger partial charge in [0.1, 0.15) is 0 Å². The van der Waals surface area contributed by atoms with Gasteiger partial charge in [-0.3, -0.25) is 0 Å². The zero-order valence-electron chi connectivity index (χ0n) is 8.57. The molecule has 2 saturated carbocycles. The van der Waals surface area contributed by atoms with E-state index in [4.69, 9.17) is 0 Å². The molecule has 2 aliphatic carbocycles. The molecule has 2 nitrogen and oxygen atoms in total. The highest BCUT2D eigenvalue weighted by Gasteiger charge is 2.47. The monoisotopic (exact) mass is 199 g/mol. The number of rotatable bonds is 3. The van der Waals surface area contributed by atoms with Gasteiger partial charge in [-0.15, -0.1) is 0 Å². The molecule has 15 heavy (non-hydrogen) atoms. The van der Waals surface area contributed by atoms with Gasteiger partial charge < -0.3 is 0 Å². The van der Waals surface area contributed by atoms with Crippen LogP contribution in [-0.4, -0.2) is 6.08 Å². The van der Waals surface area contributed by atoms with Crippen LogP contribution in [0.5, 0.6) is 0 Å². The van der Waals surface area contributed by atoms with Crippen LogP contribution in [0.15, 0.2) is 29.3 Å². The van der Waals surface area contributed by atoms with Crippen molar-refractivity contribution >= 4 is 6.08 Å². The molecular weight excluding hydrogens is 186 g/mol. The highest BCUT2D eigenvalue weighted by Crippen LogP contribution is 2.54. The number of isocyanates is 1. The molecule has 2 heteroatoms. The Kier molecular flexibility index (Phi) is 1.80. The fourth-order valence-corrected chi connectivity index (χ4v) is 2.32. The van der Waals surface area contributed by atoms with Gasteiger partial charge in [0.25, 0.3) is 0 Å². The second kappa shape index (κ2) is 3.04. The standard InChI is InChI=1S/C13H13NO/c15-9-14-13(7-8-13)12-4-2-1-3-11(12)10-5-6-10/h1-4,10H,5-8H2. The minimum Gasteiger partial charge on any atom is -0.211 e. The fourth-order valence-electron chi connectivity index (χ4n) is 2.32. The maximum absolute atomic E-state index is 10.4. The van der Waals surface area contributed by atoms with Crippen LogP contribution in [0.25, 0.3) is 0 Å². The third-order valence-corrected chi connectivity index (χ3v) is 3.46. The average molecular weight is 199 g/mol. The summed E-state index contributed by atoms with van der Waals surface area (Å²) in [5.41, 5.74) is 2.49. The summed E-state index contributed by atoms with van der Waals surface area (Å²) in [7, 11) is 0. The van der Waals surface area contributed by atoms with Gasteiger partial charge in [-0.1, -0.05) is 24.3 Å². The first-order valence-electron chi connectivity index (χ1n) is 5.54. The lowest BCUT2D eigenvalue weighted by Gasteiger charge is -2.13. The molecule has 0 aromatic heterocycles. The Labute approximate surface area is 89.0 Å². The Morgan fingerprint density at radius 1 is 1.27 bits per heavy atom. The Bertz CT molecular complexity index is 438. The van der Waals surface area contributed by atoms with Gasteiger partial charge in [-0.25, -0.2) is 4.79 Å². The van der Waals surface area contributed by atoms with E-state index in [-0.39, 0.29) is 5.54 Å². The molecule has 0 bridgehead atoms. The summed E-state index contributed by atoms with van der Waals surface area (Å²) in [5.74, 6) is 0.723. The number of benzene rings is 1. The topological polar surface area (TPSA) is 29.4 Å². The molecule has 0 atom stereocenters. The maximum Gasteiger partial charge on any atom is 0.235 e. The van der Waals surface area contributed by atoms with Crippen LogP contribution < -0.4 is 0 Å². The molecular formula is C13H13NO. The quantitative estimate of drug-likeness (QED) is 0.543. The van der Waals surface area contributed by atoms with Gasteiger partial charge in [0, 0.05) is 0 Å². The second-order valence-electron chi connectivity index (χ2n) is 4.60. The average Bonchev–Trinajstić information content (AvgIpc) is 3.14. The van der Waals surface area contributed by atoms with Crippen LogP contribution in [0, 0.1) is 0 Å². The molecule has 2 aliphatic rings. The third kappa shape index (κ3) is 1.42. The number of nitrogens with zero attached hydrogens (tertiary/aromatic N) is 1. The summed E-state index contributed by atoms with van der Waals surface area (Å²) in [6, 6.07) is 8.44. The Morgan fingerprint density at radius 3 is 2.60 bits per heavy atom. The Hall–Kier alpha value is -1.40. The van der Waals surface area contributed by atoms with E-state index in [1.807, 2.05) is 6.07 Å². The Balaban J connectivity index is 2.07. The van der Waals surface area contributed by atoms with E-state index in [1.54, 1.807) is 6.08 Å². The first-order valence-corrected chi connectivity index (χ1v) is 5.54. The molecule has 0 saturated heterocycles. The minimum atomic E-state index is -0.194. The first-order chi connectivity index (χ1) is 7.36. The number of hydrogen-bond donors (Lipinski definition) is 0. The predicted octanol–water partition coefficient (Wildman–Crippen LogP) is 2.89. The van der Waals surface area contributed by atoms with Crippen LogP contribution >= 0.6 is 0 Å². The van der Waals surface area contributed by atoms with E-state index in [0.717, 1.165) is 18.8 Å². The number of carbonyl (C=O) groups excluding carboxylic acids is 1. The van der Waals surface area contributed by atoms with Crippen molar-refractivity contribution in [2.24, 2.45) is 4.99 Å². The summed E-state index contributed by atoms with van der Waals surface area (Å²) in [6.45, 7) is 0. The highest BCUT2D eigenvalue weighted by atomic mass is 16.1. The Morgan fingerprint density at radius 2 is 2.00 bits per heavy atom. The lowest BCUT2D eigenvalue weighted by atomic mass is 9.96. The van der Waals surface area contributed by atoms with Gasteiger partial charge in [0.05, 0.1) is 5.54 Å². The molecule has 0 radical (unpaired) electrons. The molecule has 1 aromatic rings. The van der Waals surface area contributed by atoms with Crippen molar-refractivity contribution in [1.29, 1.82) is 0 Å². The van der Waals surface area contributed by atoms with Gasteiger partial charge in [0.15, 0.2) is 0 Å². The lowest BCUT2D eigenvalue weighted by molar-refractivity contribution is 0.556. The van der Waals surface area contributed by atoms with Gasteiger partial charge in [-0.05, 0) is 42.7 Å². The molecule has 76 valence electrons. The highest BCUT2D eigenvalue weighted by molar-refractivity contribution is 5.46. The largest absolute Gasteiger partial charge is 0.235 e. The summed E-state index contributed by atoms with van der Waals surface area (Å²) < 4.78 is 0. The number of aliphatic imine (C=N–C) groups is 1. The fraction of sp³-hybridized carbons (Fsp3) is 0.462. The smallest absolute Gasteiger partial charge is 0.211 e. The van der Waals surface area contributed by atoms with Crippen LogP contribution in [0.2, 0.25) is 0 Å². The molecule has 1 aromatic carbocycles. The van der Waals surface area contributed by atoms with Crippen molar-refractivity contribution in [3.63, 3.8) is 0 Å². The normalized spacial score (nSPS) is 21.9. The molecule has 0 N–H and O–H groups in total.